The molecule has 0 spiro atoms. The van der Waals surface area contributed by atoms with Gasteiger partial charge in [-0.2, -0.15) is 0 Å². The van der Waals surface area contributed by atoms with Gasteiger partial charge in [-0.05, 0) is 0 Å². The first-order chi connectivity index (χ1) is 6.06. The normalized spacial score (nSPS) is 19.9. The Morgan fingerprint density at radius 1 is 1.54 bits per heavy atom. The lowest BCUT2D eigenvalue weighted by atomic mass is 9.87. The van der Waals surface area contributed by atoms with E-state index in [9.17, 15) is 4.79 Å². The standard InChI is InChI=1S/C8H15NO4/c1-5(7(10)11)6-3-9(4-6)8(12)13-2/h5-7,10-11H,3-4H2,1-2H3. The van der Waals surface area contributed by atoms with Gasteiger partial charge in [-0.3, -0.25) is 0 Å². The lowest BCUT2D eigenvalue weighted by molar-refractivity contribution is -0.113. The first kappa shape index (κ1) is 10.3. The van der Waals surface area contributed by atoms with Crippen LogP contribution in [0.1, 0.15) is 6.92 Å². The van der Waals surface area contributed by atoms with Gasteiger partial charge in [-0.25, -0.2) is 4.79 Å². The molecule has 1 amide bonds. The zero-order chi connectivity index (χ0) is 10.0. The highest BCUT2D eigenvalue weighted by atomic mass is 16.5. The van der Waals surface area contributed by atoms with Crippen molar-refractivity contribution in [1.29, 1.82) is 0 Å². The van der Waals surface area contributed by atoms with Gasteiger partial charge < -0.3 is 19.8 Å². The van der Waals surface area contributed by atoms with Gasteiger partial charge in [0.15, 0.2) is 6.29 Å². The van der Waals surface area contributed by atoms with Crippen LogP contribution in [0.4, 0.5) is 4.79 Å². The Labute approximate surface area is 76.9 Å². The first-order valence-corrected chi connectivity index (χ1v) is 4.25. The summed E-state index contributed by atoms with van der Waals surface area (Å²) in [6.45, 7) is 2.85. The van der Waals surface area contributed by atoms with Gasteiger partial charge in [0.05, 0.1) is 7.11 Å². The molecule has 1 rings (SSSR count). The SMILES string of the molecule is COC(=O)N1CC(C(C)C(O)O)C1. The Morgan fingerprint density at radius 3 is 2.46 bits per heavy atom. The number of ether oxygens (including phenoxy) is 1. The predicted octanol–water partition coefficient (Wildman–Crippen LogP) is -0.369. The molecule has 0 aromatic heterocycles. The van der Waals surface area contributed by atoms with Crippen molar-refractivity contribution in [2.45, 2.75) is 13.2 Å². The van der Waals surface area contributed by atoms with Crippen molar-refractivity contribution in [3.8, 4) is 0 Å². The smallest absolute Gasteiger partial charge is 0.409 e. The lowest BCUT2D eigenvalue weighted by Gasteiger charge is -2.41. The molecule has 1 atom stereocenters. The van der Waals surface area contributed by atoms with E-state index < -0.39 is 6.29 Å². The van der Waals surface area contributed by atoms with Crippen LogP contribution >= 0.6 is 0 Å². The molecular weight excluding hydrogens is 174 g/mol. The number of hydrogen-bond acceptors (Lipinski definition) is 4. The molecule has 0 radical (unpaired) electrons. The van der Waals surface area contributed by atoms with Gasteiger partial charge in [-0.1, -0.05) is 6.92 Å². The van der Waals surface area contributed by atoms with Gasteiger partial charge in [0.1, 0.15) is 0 Å². The third-order valence-corrected chi connectivity index (χ3v) is 2.56. The maximum Gasteiger partial charge on any atom is 0.409 e. The quantitative estimate of drug-likeness (QED) is 0.581. The van der Waals surface area contributed by atoms with E-state index in [1.807, 2.05) is 0 Å². The number of rotatable bonds is 2. The number of hydrogen-bond donors (Lipinski definition) is 2. The number of likely N-dealkylation sites (tertiary alicyclic amines) is 1. The van der Waals surface area contributed by atoms with E-state index in [-0.39, 0.29) is 17.9 Å². The van der Waals surface area contributed by atoms with Gasteiger partial charge >= 0.3 is 6.09 Å². The average Bonchev–Trinajstić information content (AvgIpc) is 2.00. The maximum absolute atomic E-state index is 10.9. The number of carbonyl (C=O) groups is 1. The van der Waals surface area contributed by atoms with Crippen molar-refractivity contribution >= 4 is 6.09 Å². The molecule has 1 fully saturated rings. The third kappa shape index (κ3) is 2.10. The van der Waals surface area contributed by atoms with Gasteiger partial charge in [0, 0.05) is 24.9 Å². The van der Waals surface area contributed by atoms with Crippen molar-refractivity contribution in [3.63, 3.8) is 0 Å². The average molecular weight is 189 g/mol. The Morgan fingerprint density at radius 2 is 2.08 bits per heavy atom. The maximum atomic E-state index is 10.9. The second-order valence-electron chi connectivity index (χ2n) is 3.41. The van der Waals surface area contributed by atoms with E-state index in [0.29, 0.717) is 13.1 Å². The molecule has 0 saturated carbocycles. The van der Waals surface area contributed by atoms with Crippen LogP contribution in [0.3, 0.4) is 0 Å². The van der Waals surface area contributed by atoms with E-state index >= 15 is 0 Å². The highest BCUT2D eigenvalue weighted by Crippen LogP contribution is 2.25. The Kier molecular flexibility index (Phi) is 3.11. The third-order valence-electron chi connectivity index (χ3n) is 2.56. The van der Waals surface area contributed by atoms with Crippen molar-refractivity contribution in [1.82, 2.24) is 4.90 Å². The van der Waals surface area contributed by atoms with E-state index in [1.54, 1.807) is 6.92 Å². The summed E-state index contributed by atoms with van der Waals surface area (Å²) in [7, 11) is 1.33. The molecule has 0 aromatic carbocycles. The van der Waals surface area contributed by atoms with Crippen molar-refractivity contribution in [2.24, 2.45) is 11.8 Å². The summed E-state index contributed by atoms with van der Waals surface area (Å²) in [4.78, 5) is 12.4. The number of aliphatic hydroxyl groups excluding tert-OH is 1. The summed E-state index contributed by atoms with van der Waals surface area (Å²) in [5.41, 5.74) is 0. The number of nitrogens with zero attached hydrogens (tertiary/aromatic N) is 1. The molecule has 5 nitrogen and oxygen atoms in total. The minimum absolute atomic E-state index is 0.166. The second-order valence-corrected chi connectivity index (χ2v) is 3.41. The molecule has 76 valence electrons. The lowest BCUT2D eigenvalue weighted by Crippen LogP contribution is -2.53. The Bertz CT molecular complexity index is 189. The predicted molar refractivity (Wildman–Crippen MR) is 44.9 cm³/mol. The summed E-state index contributed by atoms with van der Waals surface area (Å²) < 4.78 is 4.50. The van der Waals surface area contributed by atoms with E-state index in [0.717, 1.165) is 0 Å². The van der Waals surface area contributed by atoms with Gasteiger partial charge in [0.2, 0.25) is 0 Å². The number of amides is 1. The van der Waals surface area contributed by atoms with Crippen LogP contribution < -0.4 is 0 Å². The fourth-order valence-electron chi connectivity index (χ4n) is 1.37. The molecule has 2 N–H and O–H groups in total. The van der Waals surface area contributed by atoms with Crippen LogP contribution in [0.25, 0.3) is 0 Å². The zero-order valence-corrected chi connectivity index (χ0v) is 7.80. The molecule has 1 unspecified atom stereocenters. The molecule has 0 aromatic rings. The summed E-state index contributed by atoms with van der Waals surface area (Å²) in [5.74, 6) is -0.0278. The highest BCUT2D eigenvalue weighted by Gasteiger charge is 2.36. The van der Waals surface area contributed by atoms with E-state index in [4.69, 9.17) is 10.2 Å². The number of carbonyl (C=O) groups excluding carboxylic acids is 1. The largest absolute Gasteiger partial charge is 0.453 e. The van der Waals surface area contributed by atoms with Gasteiger partial charge in [0.25, 0.3) is 0 Å². The van der Waals surface area contributed by atoms with Crippen molar-refractivity contribution in [3.05, 3.63) is 0 Å². The highest BCUT2D eigenvalue weighted by molar-refractivity contribution is 5.68. The molecule has 1 aliphatic rings. The van der Waals surface area contributed by atoms with E-state index in [2.05, 4.69) is 4.74 Å². The molecule has 1 aliphatic heterocycles. The van der Waals surface area contributed by atoms with Crippen LogP contribution in [0.2, 0.25) is 0 Å². The minimum Gasteiger partial charge on any atom is -0.453 e. The Hall–Kier alpha value is -0.810. The zero-order valence-electron chi connectivity index (χ0n) is 7.80. The molecule has 1 saturated heterocycles. The van der Waals surface area contributed by atoms with E-state index in [1.165, 1.54) is 12.0 Å². The first-order valence-electron chi connectivity index (χ1n) is 4.25. The summed E-state index contributed by atoms with van der Waals surface area (Å²) in [5, 5.41) is 17.7. The number of methoxy groups -OCH3 is 1. The second kappa shape index (κ2) is 3.93. The molecule has 0 bridgehead atoms. The van der Waals surface area contributed by atoms with Crippen molar-refractivity contribution in [2.75, 3.05) is 20.2 Å². The van der Waals surface area contributed by atoms with Crippen LogP contribution in [0, 0.1) is 11.8 Å². The topological polar surface area (TPSA) is 70.0 Å². The fourth-order valence-corrected chi connectivity index (χ4v) is 1.37. The van der Waals surface area contributed by atoms with Crippen molar-refractivity contribution < 1.29 is 19.7 Å². The van der Waals surface area contributed by atoms with Crippen LogP contribution in [0.15, 0.2) is 0 Å². The summed E-state index contributed by atoms with van der Waals surface area (Å²) in [6, 6.07) is 0. The van der Waals surface area contributed by atoms with Crippen LogP contribution in [-0.4, -0.2) is 47.7 Å². The van der Waals surface area contributed by atoms with Crippen LogP contribution in [0.5, 0.6) is 0 Å². The fraction of sp³-hybridized carbons (Fsp3) is 0.875. The minimum atomic E-state index is -1.30. The monoisotopic (exact) mass is 189 g/mol. The number of aliphatic hydroxyl groups is 2. The van der Waals surface area contributed by atoms with Crippen LogP contribution in [-0.2, 0) is 4.74 Å². The summed E-state index contributed by atoms with van der Waals surface area (Å²) >= 11 is 0. The molecule has 13 heavy (non-hydrogen) atoms. The Balaban J connectivity index is 2.29. The molecular formula is C8H15NO4. The summed E-state index contributed by atoms with van der Waals surface area (Å²) in [6.07, 6.45) is -1.65. The molecule has 5 heteroatoms. The van der Waals surface area contributed by atoms with Gasteiger partial charge in [-0.15, -0.1) is 0 Å². The molecule has 1 heterocycles. The molecule has 0 aliphatic carbocycles.